The number of imidazole rings is 1. The molecule has 21 heavy (non-hydrogen) atoms. The second kappa shape index (κ2) is 5.48. The van der Waals surface area contributed by atoms with Gasteiger partial charge in [0.2, 0.25) is 0 Å². The van der Waals surface area contributed by atoms with Crippen LogP contribution in [0.4, 0.5) is 5.00 Å². The van der Waals surface area contributed by atoms with Crippen molar-refractivity contribution < 1.29 is 0 Å². The number of hydrogen-bond donors (Lipinski definition) is 1. The summed E-state index contributed by atoms with van der Waals surface area (Å²) < 4.78 is 6.79. The van der Waals surface area contributed by atoms with Gasteiger partial charge < -0.3 is 9.88 Å². The fraction of sp³-hybridized carbons (Fsp3) is 0.375. The van der Waals surface area contributed by atoms with Crippen molar-refractivity contribution in [2.75, 3.05) is 12.4 Å². The summed E-state index contributed by atoms with van der Waals surface area (Å²) in [7, 11) is 1.94. The van der Waals surface area contributed by atoms with Crippen molar-refractivity contribution in [1.29, 1.82) is 0 Å². The van der Waals surface area contributed by atoms with Crippen molar-refractivity contribution in [2.45, 2.75) is 33.7 Å². The Kier molecular flexibility index (Phi) is 3.68. The lowest BCUT2D eigenvalue weighted by Crippen LogP contribution is -2.01. The third kappa shape index (κ3) is 2.31. The maximum Gasteiger partial charge on any atom is 0.146 e. The first-order valence-electron chi connectivity index (χ1n) is 7.27. The molecule has 5 heteroatoms. The van der Waals surface area contributed by atoms with Gasteiger partial charge in [-0.2, -0.15) is 4.37 Å². The lowest BCUT2D eigenvalue weighted by Gasteiger charge is -2.09. The van der Waals surface area contributed by atoms with E-state index in [0.717, 1.165) is 40.6 Å². The molecule has 0 spiro atoms. The molecule has 0 fully saturated rings. The molecule has 4 nitrogen and oxygen atoms in total. The first-order valence-corrected chi connectivity index (χ1v) is 8.04. The molecule has 2 heterocycles. The smallest absolute Gasteiger partial charge is 0.146 e. The van der Waals surface area contributed by atoms with Crippen LogP contribution in [0.3, 0.4) is 0 Å². The van der Waals surface area contributed by atoms with E-state index in [1.807, 2.05) is 14.0 Å². The molecule has 0 bridgehead atoms. The summed E-state index contributed by atoms with van der Waals surface area (Å²) in [6.07, 6.45) is 1.08. The fourth-order valence-electron chi connectivity index (χ4n) is 2.68. The monoisotopic (exact) mass is 300 g/mol. The van der Waals surface area contributed by atoms with E-state index in [2.05, 4.69) is 46.3 Å². The van der Waals surface area contributed by atoms with Crippen LogP contribution in [0.5, 0.6) is 0 Å². The number of nitrogens with one attached hydrogen (secondary N) is 1. The zero-order valence-electron chi connectivity index (χ0n) is 12.9. The minimum absolute atomic E-state index is 0.966. The van der Waals surface area contributed by atoms with Gasteiger partial charge in [-0.15, -0.1) is 0 Å². The van der Waals surface area contributed by atoms with Crippen LogP contribution < -0.4 is 5.32 Å². The first-order chi connectivity index (χ1) is 10.2. The van der Waals surface area contributed by atoms with Gasteiger partial charge in [0, 0.05) is 13.6 Å². The number of fused-ring (bicyclic) bond motifs is 1. The average Bonchev–Trinajstić information content (AvgIpc) is 2.99. The Morgan fingerprint density at radius 2 is 2.10 bits per heavy atom. The molecule has 0 aliphatic heterocycles. The quantitative estimate of drug-likeness (QED) is 0.784. The number of aryl methyl sites for hydroxylation is 3. The van der Waals surface area contributed by atoms with Crippen LogP contribution >= 0.6 is 11.5 Å². The minimum atomic E-state index is 0.966. The Morgan fingerprint density at radius 3 is 2.81 bits per heavy atom. The third-order valence-electron chi connectivity index (χ3n) is 3.66. The van der Waals surface area contributed by atoms with Crippen LogP contribution in [0.15, 0.2) is 18.2 Å². The first kappa shape index (κ1) is 14.1. The normalized spacial score (nSPS) is 11.2. The molecular weight excluding hydrogens is 280 g/mol. The summed E-state index contributed by atoms with van der Waals surface area (Å²) >= 11 is 1.50. The molecule has 0 aliphatic carbocycles. The zero-order valence-corrected chi connectivity index (χ0v) is 13.7. The van der Waals surface area contributed by atoms with Gasteiger partial charge in [0.25, 0.3) is 0 Å². The highest BCUT2D eigenvalue weighted by Gasteiger charge is 2.19. The van der Waals surface area contributed by atoms with Gasteiger partial charge in [-0.25, -0.2) is 4.98 Å². The van der Waals surface area contributed by atoms with Crippen molar-refractivity contribution >= 4 is 27.6 Å². The fourth-order valence-corrected chi connectivity index (χ4v) is 3.43. The Balaban J connectivity index is 2.30. The molecule has 0 aliphatic rings. The summed E-state index contributed by atoms with van der Waals surface area (Å²) in [6.45, 7) is 7.32. The molecule has 0 amide bonds. The van der Waals surface area contributed by atoms with Crippen LogP contribution in [0, 0.1) is 13.8 Å². The number of aromatic nitrogens is 3. The summed E-state index contributed by atoms with van der Waals surface area (Å²) in [5.41, 5.74) is 5.67. The Labute approximate surface area is 129 Å². The second-order valence-electron chi connectivity index (χ2n) is 5.30. The van der Waals surface area contributed by atoms with Crippen LogP contribution in [0.1, 0.15) is 24.6 Å². The highest BCUT2D eigenvalue weighted by atomic mass is 32.1. The van der Waals surface area contributed by atoms with Crippen molar-refractivity contribution in [1.82, 2.24) is 13.9 Å². The summed E-state index contributed by atoms with van der Waals surface area (Å²) in [5.74, 6) is 1.02. The van der Waals surface area contributed by atoms with Crippen molar-refractivity contribution in [3.05, 3.63) is 29.5 Å². The zero-order chi connectivity index (χ0) is 15.0. The molecule has 3 aromatic rings. The highest BCUT2D eigenvalue weighted by molar-refractivity contribution is 7.10. The van der Waals surface area contributed by atoms with E-state index in [9.17, 15) is 0 Å². The van der Waals surface area contributed by atoms with Gasteiger partial charge in [0.05, 0.1) is 22.3 Å². The molecule has 1 N–H and O–H groups in total. The average molecular weight is 300 g/mol. The standard InChI is InChI=1S/C16H20N4S/c1-5-8-20-13-7-6-10(2)9-12(13)18-15(20)14-11(3)19-21-16(14)17-4/h6-7,9,17H,5,8H2,1-4H3. The molecule has 110 valence electrons. The molecule has 0 unspecified atom stereocenters. The molecule has 3 rings (SSSR count). The molecule has 1 aromatic carbocycles. The predicted molar refractivity (Wildman–Crippen MR) is 90.2 cm³/mol. The van der Waals surface area contributed by atoms with Crippen molar-refractivity contribution in [3.8, 4) is 11.4 Å². The van der Waals surface area contributed by atoms with Crippen LogP contribution in [0.25, 0.3) is 22.4 Å². The van der Waals surface area contributed by atoms with E-state index in [1.54, 1.807) is 0 Å². The van der Waals surface area contributed by atoms with Gasteiger partial charge in [0.15, 0.2) is 0 Å². The third-order valence-corrected chi connectivity index (χ3v) is 4.62. The lowest BCUT2D eigenvalue weighted by molar-refractivity contribution is 0.704. The van der Waals surface area contributed by atoms with Crippen molar-refractivity contribution in [3.63, 3.8) is 0 Å². The van der Waals surface area contributed by atoms with Gasteiger partial charge in [-0.1, -0.05) is 13.0 Å². The lowest BCUT2D eigenvalue weighted by atomic mass is 10.2. The summed E-state index contributed by atoms with van der Waals surface area (Å²) in [5, 5.41) is 4.32. The molecule has 2 aromatic heterocycles. The Hall–Kier alpha value is -1.88. The number of benzene rings is 1. The Bertz CT molecular complexity index is 785. The maximum atomic E-state index is 4.89. The highest BCUT2D eigenvalue weighted by Crippen LogP contribution is 2.35. The van der Waals surface area contributed by atoms with Gasteiger partial charge >= 0.3 is 0 Å². The predicted octanol–water partition coefficient (Wildman–Crippen LogP) is 4.23. The summed E-state index contributed by atoms with van der Waals surface area (Å²) in [4.78, 5) is 4.89. The van der Waals surface area contributed by atoms with E-state index in [-0.39, 0.29) is 0 Å². The van der Waals surface area contributed by atoms with Crippen LogP contribution in [-0.2, 0) is 6.54 Å². The van der Waals surface area contributed by atoms with E-state index >= 15 is 0 Å². The van der Waals surface area contributed by atoms with Gasteiger partial charge in [-0.05, 0) is 49.5 Å². The van der Waals surface area contributed by atoms with Crippen molar-refractivity contribution in [2.24, 2.45) is 0 Å². The number of hydrogen-bond acceptors (Lipinski definition) is 4. The molecule has 0 radical (unpaired) electrons. The molecule has 0 saturated heterocycles. The maximum absolute atomic E-state index is 4.89. The van der Waals surface area contributed by atoms with Gasteiger partial charge in [-0.3, -0.25) is 0 Å². The number of nitrogens with zero attached hydrogens (tertiary/aromatic N) is 3. The largest absolute Gasteiger partial charge is 0.378 e. The topological polar surface area (TPSA) is 42.7 Å². The Morgan fingerprint density at radius 1 is 1.29 bits per heavy atom. The molecular formula is C16H20N4S. The van der Waals surface area contributed by atoms with E-state index in [0.29, 0.717) is 0 Å². The van der Waals surface area contributed by atoms with Crippen LogP contribution in [0.2, 0.25) is 0 Å². The van der Waals surface area contributed by atoms with E-state index in [4.69, 9.17) is 4.98 Å². The van der Waals surface area contributed by atoms with Gasteiger partial charge in [0.1, 0.15) is 10.8 Å². The van der Waals surface area contributed by atoms with E-state index in [1.165, 1.54) is 22.6 Å². The minimum Gasteiger partial charge on any atom is -0.378 e. The second-order valence-corrected chi connectivity index (χ2v) is 6.07. The SMILES string of the molecule is CCCn1c(-c2c(C)nsc2NC)nc2cc(C)ccc21. The number of anilines is 1. The molecule has 0 saturated carbocycles. The van der Waals surface area contributed by atoms with E-state index < -0.39 is 0 Å². The summed E-state index contributed by atoms with van der Waals surface area (Å²) in [6, 6.07) is 6.47. The van der Waals surface area contributed by atoms with Crippen LogP contribution in [-0.4, -0.2) is 21.0 Å². The molecule has 0 atom stereocenters. The number of rotatable bonds is 4.